The summed E-state index contributed by atoms with van der Waals surface area (Å²) in [5, 5.41) is 3.28. The van der Waals surface area contributed by atoms with Crippen LogP contribution < -0.4 is 10.1 Å². The van der Waals surface area contributed by atoms with Gasteiger partial charge in [0.2, 0.25) is 0 Å². The topological polar surface area (TPSA) is 47.6 Å². The Morgan fingerprint density at radius 2 is 1.89 bits per heavy atom. The van der Waals surface area contributed by atoms with E-state index in [0.29, 0.717) is 11.1 Å². The molecule has 0 aliphatic heterocycles. The van der Waals surface area contributed by atoms with E-state index in [4.69, 9.17) is 9.47 Å². The first-order valence-corrected chi connectivity index (χ1v) is 8.82. The fourth-order valence-electron chi connectivity index (χ4n) is 2.79. The summed E-state index contributed by atoms with van der Waals surface area (Å²) in [6, 6.07) is 8.03. The first-order valence-electron chi connectivity index (χ1n) is 8.82. The normalized spacial score (nSPS) is 11.6. The van der Waals surface area contributed by atoms with E-state index in [2.05, 4.69) is 11.9 Å². The van der Waals surface area contributed by atoms with Crippen molar-refractivity contribution in [2.24, 2.45) is 0 Å². The van der Waals surface area contributed by atoms with Crippen molar-refractivity contribution in [1.82, 2.24) is 0 Å². The molecular weight excluding hydrogens is 345 g/mol. The largest absolute Gasteiger partial charge is 0.496 e. The van der Waals surface area contributed by atoms with Gasteiger partial charge in [0.1, 0.15) is 11.6 Å². The molecule has 0 radical (unpaired) electrons. The Balaban J connectivity index is 2.46. The van der Waals surface area contributed by atoms with E-state index in [9.17, 15) is 9.18 Å². The lowest BCUT2D eigenvalue weighted by Gasteiger charge is -2.23. The number of hydrogen-bond acceptors (Lipinski definition) is 4. The molecule has 27 heavy (non-hydrogen) atoms. The molecule has 0 heterocycles. The van der Waals surface area contributed by atoms with E-state index in [1.165, 1.54) is 6.07 Å². The quantitative estimate of drug-likeness (QED) is 0.548. The number of anilines is 1. The highest BCUT2D eigenvalue weighted by molar-refractivity contribution is 5.90. The number of halogens is 1. The molecule has 0 saturated heterocycles. The van der Waals surface area contributed by atoms with Crippen LogP contribution in [0.4, 0.5) is 10.1 Å². The van der Waals surface area contributed by atoms with E-state index < -0.39 is 12.0 Å². The van der Waals surface area contributed by atoms with Gasteiger partial charge >= 0.3 is 5.97 Å². The zero-order valence-electron chi connectivity index (χ0n) is 16.5. The summed E-state index contributed by atoms with van der Waals surface area (Å²) < 4.78 is 24.6. The Labute approximate surface area is 160 Å². The number of esters is 1. The number of ether oxygens (including phenoxy) is 2. The van der Waals surface area contributed by atoms with Gasteiger partial charge in [-0.15, -0.1) is 0 Å². The van der Waals surface area contributed by atoms with Gasteiger partial charge in [-0.25, -0.2) is 9.18 Å². The van der Waals surface area contributed by atoms with Crippen molar-refractivity contribution in [3.05, 3.63) is 70.6 Å². The Morgan fingerprint density at radius 1 is 1.19 bits per heavy atom. The molecule has 2 rings (SSSR count). The Hall–Kier alpha value is -2.82. The fourth-order valence-corrected chi connectivity index (χ4v) is 2.79. The summed E-state index contributed by atoms with van der Waals surface area (Å²) in [6.45, 7) is 11.5. The zero-order valence-corrected chi connectivity index (χ0v) is 16.5. The minimum Gasteiger partial charge on any atom is -0.496 e. The molecule has 0 unspecified atom stereocenters. The summed E-state index contributed by atoms with van der Waals surface area (Å²) >= 11 is 0. The van der Waals surface area contributed by atoms with Crippen molar-refractivity contribution in [2.75, 3.05) is 19.0 Å². The average molecular weight is 371 g/mol. The van der Waals surface area contributed by atoms with Crippen LogP contribution in [0.3, 0.4) is 0 Å². The first-order chi connectivity index (χ1) is 12.8. The lowest BCUT2D eigenvalue weighted by atomic mass is 9.97. The molecule has 0 spiro atoms. The third-order valence-electron chi connectivity index (χ3n) is 4.57. The van der Waals surface area contributed by atoms with E-state index in [1.807, 2.05) is 26.0 Å². The highest BCUT2D eigenvalue weighted by atomic mass is 19.1. The summed E-state index contributed by atoms with van der Waals surface area (Å²) in [7, 11) is 1.61. The van der Waals surface area contributed by atoms with Gasteiger partial charge in [0.25, 0.3) is 0 Å². The van der Waals surface area contributed by atoms with Gasteiger partial charge in [-0.05, 0) is 62.1 Å². The summed E-state index contributed by atoms with van der Waals surface area (Å²) in [4.78, 5) is 12.3. The molecule has 0 amide bonds. The highest BCUT2D eigenvalue weighted by Crippen LogP contribution is 2.32. The molecular formula is C22H26FNO3. The average Bonchev–Trinajstić information content (AvgIpc) is 2.64. The van der Waals surface area contributed by atoms with E-state index >= 15 is 0 Å². The second-order valence-electron chi connectivity index (χ2n) is 6.45. The Kier molecular flexibility index (Phi) is 6.61. The molecule has 0 fully saturated rings. The number of carbonyl (C=O) groups is 1. The molecule has 0 aliphatic rings. The molecule has 0 aromatic heterocycles. The smallest absolute Gasteiger partial charge is 0.335 e. The molecule has 0 saturated carbocycles. The maximum Gasteiger partial charge on any atom is 0.335 e. The van der Waals surface area contributed by atoms with Crippen LogP contribution >= 0.6 is 0 Å². The van der Waals surface area contributed by atoms with E-state index in [0.717, 1.165) is 22.6 Å². The molecule has 144 valence electrons. The fraction of sp³-hybridized carbons (Fsp3) is 0.318. The second kappa shape index (κ2) is 8.71. The number of carbonyl (C=O) groups excluding carboxylic acids is 1. The van der Waals surface area contributed by atoms with E-state index in [1.54, 1.807) is 33.1 Å². The van der Waals surface area contributed by atoms with Gasteiger partial charge in [0.05, 0.1) is 25.3 Å². The maximum absolute atomic E-state index is 14.1. The van der Waals surface area contributed by atoms with Crippen LogP contribution in [0.5, 0.6) is 5.75 Å². The Bertz CT molecular complexity index is 861. The highest BCUT2D eigenvalue weighted by Gasteiger charge is 2.23. The van der Waals surface area contributed by atoms with Crippen molar-refractivity contribution in [3.63, 3.8) is 0 Å². The predicted molar refractivity (Wildman–Crippen MR) is 106 cm³/mol. The first kappa shape index (κ1) is 20.5. The number of methoxy groups -OCH3 is 1. The Morgan fingerprint density at radius 3 is 2.48 bits per heavy atom. The molecule has 1 N–H and O–H groups in total. The van der Waals surface area contributed by atoms with Gasteiger partial charge in [-0.2, -0.15) is 0 Å². The van der Waals surface area contributed by atoms with Crippen LogP contribution in [-0.2, 0) is 9.53 Å². The van der Waals surface area contributed by atoms with Gasteiger partial charge in [0.15, 0.2) is 0 Å². The number of benzene rings is 2. The van der Waals surface area contributed by atoms with Crippen molar-refractivity contribution >= 4 is 11.7 Å². The lowest BCUT2D eigenvalue weighted by molar-refractivity contribution is -0.138. The van der Waals surface area contributed by atoms with Crippen LogP contribution in [0.1, 0.15) is 35.2 Å². The minimum absolute atomic E-state index is 0.206. The van der Waals surface area contributed by atoms with Crippen LogP contribution in [0.25, 0.3) is 0 Å². The minimum atomic E-state index is -0.633. The van der Waals surface area contributed by atoms with Gasteiger partial charge in [-0.3, -0.25) is 0 Å². The van der Waals surface area contributed by atoms with Crippen LogP contribution in [-0.4, -0.2) is 19.7 Å². The summed E-state index contributed by atoms with van der Waals surface area (Å²) in [5.74, 6) is -0.131. The predicted octanol–water partition coefficient (Wildman–Crippen LogP) is 5.03. The number of hydrogen-bond donors (Lipinski definition) is 1. The number of nitrogens with one attached hydrogen (secondary N) is 1. The lowest BCUT2D eigenvalue weighted by Crippen LogP contribution is -2.20. The van der Waals surface area contributed by atoms with Crippen LogP contribution in [0, 0.1) is 26.6 Å². The van der Waals surface area contributed by atoms with E-state index in [-0.39, 0.29) is 18.0 Å². The van der Waals surface area contributed by atoms with Crippen LogP contribution in [0.2, 0.25) is 0 Å². The number of aryl methyl sites for hydroxylation is 2. The molecule has 2 aromatic rings. The molecule has 5 heteroatoms. The molecule has 0 bridgehead atoms. The second-order valence-corrected chi connectivity index (χ2v) is 6.45. The van der Waals surface area contributed by atoms with Gasteiger partial charge in [-0.1, -0.05) is 18.7 Å². The molecule has 0 aliphatic carbocycles. The monoisotopic (exact) mass is 371 g/mol. The third-order valence-corrected chi connectivity index (χ3v) is 4.57. The summed E-state index contributed by atoms with van der Waals surface area (Å²) in [6.07, 6.45) is 0. The van der Waals surface area contributed by atoms with Crippen molar-refractivity contribution in [1.29, 1.82) is 0 Å². The molecule has 2 aromatic carbocycles. The van der Waals surface area contributed by atoms with Crippen molar-refractivity contribution in [3.8, 4) is 5.75 Å². The van der Waals surface area contributed by atoms with Crippen molar-refractivity contribution < 1.29 is 18.7 Å². The van der Waals surface area contributed by atoms with Crippen molar-refractivity contribution in [2.45, 2.75) is 33.7 Å². The SMILES string of the molecule is C=C(C(=O)OCC)[C@@H](Nc1cc(C)c(C)c(OC)c1)c1ccc(C)c(F)c1. The third kappa shape index (κ3) is 4.67. The van der Waals surface area contributed by atoms with Gasteiger partial charge in [0, 0.05) is 11.8 Å². The standard InChI is InChI=1S/C22H26FNO3/c1-7-27-22(25)16(5)21(17-9-8-13(2)19(23)11-17)24-18-10-14(3)15(4)20(12-18)26-6/h8-12,21,24H,5,7H2,1-4,6H3/t21-/m1/s1. The molecule has 1 atom stereocenters. The maximum atomic E-state index is 14.1. The molecule has 4 nitrogen and oxygen atoms in total. The van der Waals surface area contributed by atoms with Crippen LogP contribution in [0.15, 0.2) is 42.5 Å². The summed E-state index contributed by atoms with van der Waals surface area (Å²) in [5.41, 5.74) is 4.14. The zero-order chi connectivity index (χ0) is 20.1. The van der Waals surface area contributed by atoms with Gasteiger partial charge < -0.3 is 14.8 Å². The number of rotatable bonds is 7.